The summed E-state index contributed by atoms with van der Waals surface area (Å²) in [5.41, 5.74) is 5.02. The van der Waals surface area contributed by atoms with Crippen molar-refractivity contribution in [3.63, 3.8) is 0 Å². The first-order valence-electron chi connectivity index (χ1n) is 8.11. The average Bonchev–Trinajstić information content (AvgIpc) is 2.54. The molecule has 0 heterocycles. The molecule has 0 aliphatic heterocycles. The fraction of sp³-hybridized carbons (Fsp3) is 0.350. The van der Waals surface area contributed by atoms with E-state index in [-0.39, 0.29) is 5.91 Å². The van der Waals surface area contributed by atoms with E-state index in [4.69, 9.17) is 4.74 Å². The lowest BCUT2D eigenvalue weighted by Gasteiger charge is -2.07. The van der Waals surface area contributed by atoms with Crippen molar-refractivity contribution in [1.29, 1.82) is 0 Å². The van der Waals surface area contributed by atoms with Gasteiger partial charge in [0.15, 0.2) is 0 Å². The van der Waals surface area contributed by atoms with Gasteiger partial charge in [0.25, 0.3) is 0 Å². The predicted molar refractivity (Wildman–Crippen MR) is 102 cm³/mol. The van der Waals surface area contributed by atoms with E-state index in [0.29, 0.717) is 12.3 Å². The van der Waals surface area contributed by atoms with E-state index in [1.165, 1.54) is 22.3 Å². The number of rotatable bonds is 8. The Morgan fingerprint density at radius 2 is 1.71 bits per heavy atom. The second kappa shape index (κ2) is 9.38. The molecule has 2 aromatic rings. The van der Waals surface area contributed by atoms with Gasteiger partial charge in [-0.1, -0.05) is 41.5 Å². The summed E-state index contributed by atoms with van der Waals surface area (Å²) in [7, 11) is 1.66. The van der Waals surface area contributed by atoms with Gasteiger partial charge < -0.3 is 10.1 Å². The maximum Gasteiger partial charge on any atom is 0.230 e. The first-order chi connectivity index (χ1) is 11.6. The highest BCUT2D eigenvalue weighted by Gasteiger charge is 2.03. The van der Waals surface area contributed by atoms with Gasteiger partial charge >= 0.3 is 0 Å². The number of ether oxygens (including phenoxy) is 1. The zero-order valence-corrected chi connectivity index (χ0v) is 15.4. The number of hydrogen-bond acceptors (Lipinski definition) is 3. The molecular formula is C20H25NO2S. The van der Waals surface area contributed by atoms with Crippen molar-refractivity contribution in [1.82, 2.24) is 5.32 Å². The maximum absolute atomic E-state index is 11.9. The van der Waals surface area contributed by atoms with Crippen LogP contribution >= 0.6 is 11.8 Å². The molecular weight excluding hydrogens is 318 g/mol. The lowest BCUT2D eigenvalue weighted by Crippen LogP contribution is -2.27. The molecule has 0 spiro atoms. The van der Waals surface area contributed by atoms with E-state index >= 15 is 0 Å². The van der Waals surface area contributed by atoms with Crippen molar-refractivity contribution in [3.05, 3.63) is 64.7 Å². The minimum Gasteiger partial charge on any atom is -0.497 e. The fourth-order valence-corrected chi connectivity index (χ4v) is 3.40. The predicted octanol–water partition coefficient (Wildman–Crippen LogP) is 3.90. The number of carbonyl (C=O) groups excluding carboxylic acids is 1. The smallest absolute Gasteiger partial charge is 0.230 e. The van der Waals surface area contributed by atoms with Crippen LogP contribution in [0.2, 0.25) is 0 Å². The Bertz CT molecular complexity index is 648. The molecule has 0 aliphatic rings. The zero-order chi connectivity index (χ0) is 17.4. The average molecular weight is 343 g/mol. The second-order valence-corrected chi connectivity index (χ2v) is 6.92. The van der Waals surface area contributed by atoms with Gasteiger partial charge in [-0.05, 0) is 43.5 Å². The van der Waals surface area contributed by atoms with E-state index in [9.17, 15) is 4.79 Å². The van der Waals surface area contributed by atoms with Crippen molar-refractivity contribution in [2.45, 2.75) is 26.0 Å². The van der Waals surface area contributed by atoms with Crippen LogP contribution < -0.4 is 10.1 Å². The van der Waals surface area contributed by atoms with Crippen LogP contribution in [-0.2, 0) is 17.0 Å². The molecule has 128 valence electrons. The Hall–Kier alpha value is -1.94. The van der Waals surface area contributed by atoms with Crippen LogP contribution in [0.3, 0.4) is 0 Å². The highest BCUT2D eigenvalue weighted by Crippen LogP contribution is 2.15. The Kier molecular flexibility index (Phi) is 7.19. The molecule has 0 unspecified atom stereocenters. The first-order valence-corrected chi connectivity index (χ1v) is 9.27. The van der Waals surface area contributed by atoms with E-state index < -0.39 is 0 Å². The topological polar surface area (TPSA) is 38.3 Å². The largest absolute Gasteiger partial charge is 0.497 e. The number of hydrogen-bond donors (Lipinski definition) is 1. The van der Waals surface area contributed by atoms with Gasteiger partial charge in [-0.3, -0.25) is 4.79 Å². The van der Waals surface area contributed by atoms with Crippen LogP contribution in [0.4, 0.5) is 0 Å². The number of methoxy groups -OCH3 is 1. The third-order valence-corrected chi connectivity index (χ3v) is 4.68. The number of nitrogens with one attached hydrogen (secondary N) is 1. The van der Waals surface area contributed by atoms with Crippen LogP contribution in [0.5, 0.6) is 5.75 Å². The number of amides is 1. The highest BCUT2D eigenvalue weighted by molar-refractivity contribution is 7.99. The summed E-state index contributed by atoms with van der Waals surface area (Å²) in [4.78, 5) is 11.9. The highest BCUT2D eigenvalue weighted by atomic mass is 32.2. The van der Waals surface area contributed by atoms with Crippen molar-refractivity contribution in [3.8, 4) is 5.75 Å². The third kappa shape index (κ3) is 6.28. The molecule has 0 fully saturated rings. The van der Waals surface area contributed by atoms with Crippen molar-refractivity contribution >= 4 is 17.7 Å². The first kappa shape index (κ1) is 18.4. The van der Waals surface area contributed by atoms with E-state index in [1.807, 2.05) is 24.3 Å². The SMILES string of the molecule is COc1ccc(CCNC(=O)CSCc2cc(C)cc(C)c2)cc1. The van der Waals surface area contributed by atoms with Crippen molar-refractivity contribution in [2.75, 3.05) is 19.4 Å². The Morgan fingerprint density at radius 1 is 1.04 bits per heavy atom. The van der Waals surface area contributed by atoms with Crippen molar-refractivity contribution in [2.24, 2.45) is 0 Å². The van der Waals surface area contributed by atoms with Crippen LogP contribution in [0, 0.1) is 13.8 Å². The Balaban J connectivity index is 1.65. The summed E-state index contributed by atoms with van der Waals surface area (Å²) in [6, 6.07) is 14.5. The van der Waals surface area contributed by atoms with Gasteiger partial charge in [0, 0.05) is 12.3 Å². The lowest BCUT2D eigenvalue weighted by atomic mass is 10.1. The van der Waals surface area contributed by atoms with Crippen LogP contribution in [0.1, 0.15) is 22.3 Å². The molecule has 0 saturated heterocycles. The molecule has 0 radical (unpaired) electrons. The third-order valence-electron chi connectivity index (χ3n) is 3.68. The minimum absolute atomic E-state index is 0.0953. The minimum atomic E-state index is 0.0953. The lowest BCUT2D eigenvalue weighted by molar-refractivity contribution is -0.118. The van der Waals surface area contributed by atoms with E-state index in [0.717, 1.165) is 17.9 Å². The van der Waals surface area contributed by atoms with Gasteiger partial charge in [0.1, 0.15) is 5.75 Å². The molecule has 0 aliphatic carbocycles. The van der Waals surface area contributed by atoms with Gasteiger partial charge in [-0.25, -0.2) is 0 Å². The van der Waals surface area contributed by atoms with E-state index in [1.54, 1.807) is 18.9 Å². The molecule has 3 nitrogen and oxygen atoms in total. The molecule has 4 heteroatoms. The van der Waals surface area contributed by atoms with Gasteiger partial charge in [0.05, 0.1) is 12.9 Å². The van der Waals surface area contributed by atoms with Crippen molar-refractivity contribution < 1.29 is 9.53 Å². The number of benzene rings is 2. The molecule has 1 amide bonds. The number of carbonyl (C=O) groups is 1. The zero-order valence-electron chi connectivity index (χ0n) is 14.6. The second-order valence-electron chi connectivity index (χ2n) is 5.94. The Labute approximate surface area is 148 Å². The molecule has 2 aromatic carbocycles. The molecule has 2 rings (SSSR count). The maximum atomic E-state index is 11.9. The Morgan fingerprint density at radius 3 is 2.33 bits per heavy atom. The van der Waals surface area contributed by atoms with E-state index in [2.05, 4.69) is 37.4 Å². The summed E-state index contributed by atoms with van der Waals surface area (Å²) in [6.07, 6.45) is 0.831. The summed E-state index contributed by atoms with van der Waals surface area (Å²) in [6.45, 7) is 4.87. The molecule has 24 heavy (non-hydrogen) atoms. The number of thioether (sulfide) groups is 1. The van der Waals surface area contributed by atoms with Crippen LogP contribution in [0.25, 0.3) is 0 Å². The fourth-order valence-electron chi connectivity index (χ4n) is 2.60. The van der Waals surface area contributed by atoms with Gasteiger partial charge in [0.2, 0.25) is 5.91 Å². The standard InChI is InChI=1S/C20H25NO2S/c1-15-10-16(2)12-18(11-15)13-24-14-20(22)21-9-8-17-4-6-19(23-3)7-5-17/h4-7,10-12H,8-9,13-14H2,1-3H3,(H,21,22). The quantitative estimate of drug-likeness (QED) is 0.790. The van der Waals surface area contributed by atoms with Gasteiger partial charge in [-0.15, -0.1) is 11.8 Å². The summed E-state index contributed by atoms with van der Waals surface area (Å²) in [5.74, 6) is 2.31. The molecule has 0 aromatic heterocycles. The van der Waals surface area contributed by atoms with Crippen LogP contribution in [0.15, 0.2) is 42.5 Å². The normalized spacial score (nSPS) is 10.5. The van der Waals surface area contributed by atoms with Gasteiger partial charge in [-0.2, -0.15) is 0 Å². The molecule has 1 N–H and O–H groups in total. The number of aryl methyl sites for hydroxylation is 2. The summed E-state index contributed by atoms with van der Waals surface area (Å²) < 4.78 is 5.13. The summed E-state index contributed by atoms with van der Waals surface area (Å²) >= 11 is 1.65. The summed E-state index contributed by atoms with van der Waals surface area (Å²) in [5, 5.41) is 2.98. The monoisotopic (exact) mass is 343 g/mol. The molecule has 0 bridgehead atoms. The van der Waals surface area contributed by atoms with Crippen LogP contribution in [-0.4, -0.2) is 25.3 Å². The molecule has 0 atom stereocenters. The molecule has 0 saturated carbocycles.